The van der Waals surface area contributed by atoms with E-state index >= 15 is 0 Å². The van der Waals surface area contributed by atoms with Crippen LogP contribution >= 0.6 is 11.3 Å². The minimum atomic E-state index is 0.0350. The Kier molecular flexibility index (Phi) is 7.03. The normalized spacial score (nSPS) is 14.5. The molecule has 2 heterocycles. The van der Waals surface area contributed by atoms with Crippen molar-refractivity contribution in [2.75, 3.05) is 0 Å². The van der Waals surface area contributed by atoms with Gasteiger partial charge in [0.15, 0.2) is 0 Å². The van der Waals surface area contributed by atoms with Gasteiger partial charge in [-0.15, -0.1) is 11.3 Å². The van der Waals surface area contributed by atoms with E-state index in [-0.39, 0.29) is 5.92 Å². The summed E-state index contributed by atoms with van der Waals surface area (Å²) in [7, 11) is 0. The topological polar surface area (TPSA) is 40.2 Å². The molecule has 0 saturated carbocycles. The fraction of sp³-hybridized carbons (Fsp3) is 0.0638. The van der Waals surface area contributed by atoms with Crippen LogP contribution in [0.4, 0.5) is 0 Å². The van der Waals surface area contributed by atoms with Crippen LogP contribution in [0.5, 0.6) is 0 Å². The number of benzene rings is 7. The number of fused-ring (bicyclic) bond motifs is 7. The Labute approximate surface area is 300 Å². The summed E-state index contributed by atoms with van der Waals surface area (Å²) in [5, 5.41) is 6.17. The molecule has 9 aromatic rings. The fourth-order valence-electron chi connectivity index (χ4n) is 7.96. The van der Waals surface area contributed by atoms with E-state index in [1.807, 2.05) is 11.3 Å². The van der Waals surface area contributed by atoms with Crippen LogP contribution in [0.2, 0.25) is 0 Å². The molecule has 0 bridgehead atoms. The van der Waals surface area contributed by atoms with Crippen molar-refractivity contribution in [1.82, 2.24) is 4.57 Å². The van der Waals surface area contributed by atoms with Crippen molar-refractivity contribution in [3.05, 3.63) is 191 Å². The fourth-order valence-corrected chi connectivity index (χ4v) is 9.22. The highest BCUT2D eigenvalue weighted by atomic mass is 32.1. The van der Waals surface area contributed by atoms with E-state index < -0.39 is 0 Å². The number of rotatable bonds is 6. The van der Waals surface area contributed by atoms with Gasteiger partial charge in [0.05, 0.1) is 16.7 Å². The minimum Gasteiger partial charge on any atom is -0.490 e. The maximum absolute atomic E-state index is 7.11. The number of nitrogens with zero attached hydrogens (tertiary/aromatic N) is 1. The van der Waals surface area contributed by atoms with Gasteiger partial charge < -0.3 is 15.0 Å². The molecule has 0 aliphatic heterocycles. The van der Waals surface area contributed by atoms with Gasteiger partial charge in [-0.25, -0.2) is 0 Å². The van der Waals surface area contributed by atoms with E-state index in [9.17, 15) is 0 Å². The quantitative estimate of drug-likeness (QED) is 0.191. The number of allylic oxidation sites excluding steroid dienone is 1. The van der Waals surface area contributed by atoms with Gasteiger partial charge in [0, 0.05) is 42.9 Å². The molecule has 244 valence electrons. The lowest BCUT2D eigenvalue weighted by atomic mass is 9.84. The molecule has 1 aliphatic carbocycles. The van der Waals surface area contributed by atoms with Gasteiger partial charge in [0.1, 0.15) is 12.4 Å². The van der Waals surface area contributed by atoms with Crippen LogP contribution < -0.4 is 5.73 Å². The molecule has 2 N–H and O–H groups in total. The van der Waals surface area contributed by atoms with Gasteiger partial charge in [0.2, 0.25) is 0 Å². The third-order valence-electron chi connectivity index (χ3n) is 10.5. The van der Waals surface area contributed by atoms with Crippen LogP contribution in [0.25, 0.3) is 65.2 Å². The molecule has 7 aromatic carbocycles. The van der Waals surface area contributed by atoms with Crippen LogP contribution in [0.3, 0.4) is 0 Å². The van der Waals surface area contributed by atoms with Crippen LogP contribution in [0.15, 0.2) is 170 Å². The van der Waals surface area contributed by atoms with Crippen molar-refractivity contribution < 1.29 is 4.74 Å². The van der Waals surface area contributed by atoms with E-state index in [0.717, 1.165) is 34.7 Å². The van der Waals surface area contributed by atoms with Gasteiger partial charge in [-0.05, 0) is 75.8 Å². The summed E-state index contributed by atoms with van der Waals surface area (Å²) >= 11 is 1.85. The predicted octanol–water partition coefficient (Wildman–Crippen LogP) is 12.0. The summed E-state index contributed by atoms with van der Waals surface area (Å²) in [6.07, 6.45) is 0.863. The lowest BCUT2D eigenvalue weighted by molar-refractivity contribution is 0.180. The van der Waals surface area contributed by atoms with Gasteiger partial charge in [0.25, 0.3) is 0 Å². The molecule has 0 spiro atoms. The maximum Gasteiger partial charge on any atom is 0.128 e. The molecule has 1 atom stereocenters. The summed E-state index contributed by atoms with van der Waals surface area (Å²) in [4.78, 5) is 1.32. The second-order valence-electron chi connectivity index (χ2n) is 13.4. The number of para-hydroxylation sites is 1. The van der Waals surface area contributed by atoms with E-state index in [0.29, 0.717) is 6.61 Å². The third-order valence-corrected chi connectivity index (χ3v) is 11.6. The summed E-state index contributed by atoms with van der Waals surface area (Å²) in [5.41, 5.74) is 17.3. The molecule has 51 heavy (non-hydrogen) atoms. The third kappa shape index (κ3) is 5.02. The highest BCUT2D eigenvalue weighted by molar-refractivity contribution is 7.19. The molecular formula is C47H34N2OS. The first-order valence-electron chi connectivity index (χ1n) is 17.5. The van der Waals surface area contributed by atoms with Crippen LogP contribution in [-0.2, 0) is 17.8 Å². The Morgan fingerprint density at radius 1 is 0.608 bits per heavy atom. The Hall–Kier alpha value is -6.10. The predicted molar refractivity (Wildman–Crippen MR) is 214 cm³/mol. The van der Waals surface area contributed by atoms with E-state index in [1.54, 1.807) is 0 Å². The van der Waals surface area contributed by atoms with E-state index in [2.05, 4.69) is 168 Å². The minimum absolute atomic E-state index is 0.0350. The zero-order valence-electron chi connectivity index (χ0n) is 27.9. The van der Waals surface area contributed by atoms with Gasteiger partial charge >= 0.3 is 0 Å². The second kappa shape index (κ2) is 12.0. The van der Waals surface area contributed by atoms with Crippen molar-refractivity contribution in [3.63, 3.8) is 0 Å². The highest BCUT2D eigenvalue weighted by Crippen LogP contribution is 2.46. The molecular weight excluding hydrogens is 641 g/mol. The van der Waals surface area contributed by atoms with Gasteiger partial charge in [-0.2, -0.15) is 0 Å². The molecule has 0 fully saturated rings. The first-order chi connectivity index (χ1) is 25.2. The maximum atomic E-state index is 7.11. The number of thiophene rings is 1. The van der Waals surface area contributed by atoms with Gasteiger partial charge in [-0.1, -0.05) is 127 Å². The standard InChI is InChI=1S/C47H34N2OS/c48-46-45-38-15-7-9-17-43(38)51-44(45)28-39(35-21-20-32-12-4-5-13-33(32)26-35)47(46)50-29-30-18-23-36(24-19-30)49-41-16-8-6-14-37(41)40-27-34(22-25-42(40)49)31-10-2-1-3-11-31/h1-27,39H,28-29,48H2. The summed E-state index contributed by atoms with van der Waals surface area (Å²) in [6.45, 7) is 0.436. The van der Waals surface area contributed by atoms with Crippen LogP contribution in [0, 0.1) is 0 Å². The zero-order chi connectivity index (χ0) is 33.9. The first kappa shape index (κ1) is 29.8. The lowest BCUT2D eigenvalue weighted by Gasteiger charge is -2.28. The van der Waals surface area contributed by atoms with Crippen molar-refractivity contribution in [1.29, 1.82) is 0 Å². The molecule has 0 amide bonds. The molecule has 1 unspecified atom stereocenters. The van der Waals surface area contributed by atoms with E-state index in [1.165, 1.54) is 64.2 Å². The first-order valence-corrected chi connectivity index (χ1v) is 18.3. The summed E-state index contributed by atoms with van der Waals surface area (Å²) in [6, 6.07) is 58.7. The highest BCUT2D eigenvalue weighted by Gasteiger charge is 2.32. The Morgan fingerprint density at radius 2 is 1.33 bits per heavy atom. The monoisotopic (exact) mass is 674 g/mol. The van der Waals surface area contributed by atoms with Gasteiger partial charge in [-0.3, -0.25) is 0 Å². The average Bonchev–Trinajstić information content (AvgIpc) is 3.73. The number of nitrogens with two attached hydrogens (primary N) is 1. The smallest absolute Gasteiger partial charge is 0.128 e. The van der Waals surface area contributed by atoms with Crippen LogP contribution in [0.1, 0.15) is 27.5 Å². The largest absolute Gasteiger partial charge is 0.490 e. The van der Waals surface area contributed by atoms with E-state index in [4.69, 9.17) is 10.5 Å². The zero-order valence-corrected chi connectivity index (χ0v) is 28.7. The Bertz CT molecular complexity index is 2790. The van der Waals surface area contributed by atoms with Crippen LogP contribution in [-0.4, -0.2) is 4.57 Å². The van der Waals surface area contributed by atoms with Crippen molar-refractivity contribution in [3.8, 4) is 16.8 Å². The number of hydrogen-bond donors (Lipinski definition) is 1. The molecule has 2 aromatic heterocycles. The number of aromatic nitrogens is 1. The average molecular weight is 675 g/mol. The van der Waals surface area contributed by atoms with Crippen molar-refractivity contribution in [2.45, 2.75) is 18.9 Å². The molecule has 3 nitrogen and oxygen atoms in total. The number of hydrogen-bond acceptors (Lipinski definition) is 3. The molecule has 1 aliphatic rings. The summed E-state index contributed by atoms with van der Waals surface area (Å²) < 4.78 is 10.4. The molecule has 10 rings (SSSR count). The molecule has 4 heteroatoms. The molecule has 0 saturated heterocycles. The second-order valence-corrected chi connectivity index (χ2v) is 14.6. The van der Waals surface area contributed by atoms with Crippen molar-refractivity contribution >= 4 is 59.7 Å². The summed E-state index contributed by atoms with van der Waals surface area (Å²) in [5.74, 6) is 0.898. The van der Waals surface area contributed by atoms with Crippen molar-refractivity contribution in [2.24, 2.45) is 5.73 Å². The SMILES string of the molecule is NC1=C(OCc2ccc(-n3c4ccccc4c4cc(-c5ccccc5)ccc43)cc2)C(c2ccc3ccccc3c2)Cc2sc3ccccc3c21. The Balaban J connectivity index is 1.00. The Morgan fingerprint density at radius 3 is 2.20 bits per heavy atom. The lowest BCUT2D eigenvalue weighted by Crippen LogP contribution is -2.19. The molecule has 0 radical (unpaired) electrons. The number of ether oxygens (including phenoxy) is 1.